The molecule has 5 nitrogen and oxygen atoms in total. The van der Waals surface area contributed by atoms with Crippen molar-refractivity contribution in [1.82, 2.24) is 15.5 Å². The largest absolute Gasteiger partial charge is 0.381 e. The molecular formula is C12H23N3O2. The average molecular weight is 241 g/mol. The number of carbonyl (C=O) groups excluding carboxylic acids is 1. The standard InChI is InChI=1S/C12H23N3O2/c16-12(11-2-1-9-17-10-11)14-5-8-15-6-3-13-4-7-15/h11,13H,1-10H2,(H,14,16). The molecule has 0 aromatic carbocycles. The van der Waals surface area contributed by atoms with Crippen LogP contribution in [0.5, 0.6) is 0 Å². The summed E-state index contributed by atoms with van der Waals surface area (Å²) in [5.41, 5.74) is 0. The molecule has 0 saturated carbocycles. The maximum atomic E-state index is 11.8. The van der Waals surface area contributed by atoms with Crippen molar-refractivity contribution in [2.75, 3.05) is 52.5 Å². The fraction of sp³-hybridized carbons (Fsp3) is 0.917. The lowest BCUT2D eigenvalue weighted by atomic mass is 10.0. The molecule has 5 heteroatoms. The highest BCUT2D eigenvalue weighted by atomic mass is 16.5. The van der Waals surface area contributed by atoms with E-state index in [1.54, 1.807) is 0 Å². The Morgan fingerprint density at radius 1 is 1.41 bits per heavy atom. The van der Waals surface area contributed by atoms with Gasteiger partial charge in [0.05, 0.1) is 12.5 Å². The van der Waals surface area contributed by atoms with Gasteiger partial charge in [0, 0.05) is 45.9 Å². The maximum Gasteiger partial charge on any atom is 0.225 e. The summed E-state index contributed by atoms with van der Waals surface area (Å²) in [6.45, 7) is 7.42. The van der Waals surface area contributed by atoms with Crippen molar-refractivity contribution in [1.29, 1.82) is 0 Å². The lowest BCUT2D eigenvalue weighted by Crippen LogP contribution is -2.47. The Kier molecular flexibility index (Phi) is 5.22. The molecule has 0 aromatic heterocycles. The SMILES string of the molecule is O=C(NCCN1CCNCC1)C1CCCOC1. The summed E-state index contributed by atoms with van der Waals surface area (Å²) < 4.78 is 5.32. The molecule has 0 spiro atoms. The van der Waals surface area contributed by atoms with Crippen LogP contribution >= 0.6 is 0 Å². The molecule has 2 heterocycles. The Labute approximate surface area is 103 Å². The van der Waals surface area contributed by atoms with Gasteiger partial charge in [-0.2, -0.15) is 0 Å². The van der Waals surface area contributed by atoms with Crippen LogP contribution in [-0.2, 0) is 9.53 Å². The van der Waals surface area contributed by atoms with Crippen LogP contribution < -0.4 is 10.6 Å². The van der Waals surface area contributed by atoms with E-state index in [0.717, 1.165) is 58.7 Å². The van der Waals surface area contributed by atoms with E-state index in [1.165, 1.54) is 0 Å². The number of ether oxygens (including phenoxy) is 1. The summed E-state index contributed by atoms with van der Waals surface area (Å²) in [6, 6.07) is 0. The summed E-state index contributed by atoms with van der Waals surface area (Å²) in [5, 5.41) is 6.34. The number of nitrogens with one attached hydrogen (secondary N) is 2. The Morgan fingerprint density at radius 2 is 2.24 bits per heavy atom. The van der Waals surface area contributed by atoms with Crippen LogP contribution in [0.1, 0.15) is 12.8 Å². The molecule has 1 atom stereocenters. The van der Waals surface area contributed by atoms with Gasteiger partial charge in [-0.25, -0.2) is 0 Å². The summed E-state index contributed by atoms with van der Waals surface area (Å²) in [6.07, 6.45) is 1.98. The summed E-state index contributed by atoms with van der Waals surface area (Å²) >= 11 is 0. The summed E-state index contributed by atoms with van der Waals surface area (Å²) in [7, 11) is 0. The number of hydrogen-bond acceptors (Lipinski definition) is 4. The third-order valence-corrected chi connectivity index (χ3v) is 3.47. The molecule has 98 valence electrons. The number of rotatable bonds is 4. The molecule has 2 aliphatic rings. The minimum Gasteiger partial charge on any atom is -0.381 e. The summed E-state index contributed by atoms with van der Waals surface area (Å²) in [5.74, 6) is 0.242. The first kappa shape index (κ1) is 12.8. The molecule has 2 fully saturated rings. The van der Waals surface area contributed by atoms with Crippen molar-refractivity contribution in [2.24, 2.45) is 5.92 Å². The van der Waals surface area contributed by atoms with Gasteiger partial charge in [-0.15, -0.1) is 0 Å². The lowest BCUT2D eigenvalue weighted by Gasteiger charge is -2.27. The van der Waals surface area contributed by atoms with Crippen LogP contribution in [0.3, 0.4) is 0 Å². The van der Waals surface area contributed by atoms with E-state index in [1.807, 2.05) is 0 Å². The van der Waals surface area contributed by atoms with E-state index in [9.17, 15) is 4.79 Å². The van der Waals surface area contributed by atoms with E-state index in [4.69, 9.17) is 4.74 Å². The highest BCUT2D eigenvalue weighted by molar-refractivity contribution is 5.78. The van der Waals surface area contributed by atoms with Crippen molar-refractivity contribution in [2.45, 2.75) is 12.8 Å². The highest BCUT2D eigenvalue weighted by Gasteiger charge is 2.21. The maximum absolute atomic E-state index is 11.8. The topological polar surface area (TPSA) is 53.6 Å². The number of nitrogens with zero attached hydrogens (tertiary/aromatic N) is 1. The second-order valence-corrected chi connectivity index (χ2v) is 4.80. The van der Waals surface area contributed by atoms with Gasteiger partial charge in [-0.1, -0.05) is 0 Å². The zero-order valence-electron chi connectivity index (χ0n) is 10.4. The normalized spacial score (nSPS) is 26.7. The second-order valence-electron chi connectivity index (χ2n) is 4.80. The zero-order valence-corrected chi connectivity index (χ0v) is 10.4. The van der Waals surface area contributed by atoms with E-state index in [0.29, 0.717) is 6.61 Å². The Morgan fingerprint density at radius 3 is 2.94 bits per heavy atom. The first-order chi connectivity index (χ1) is 8.36. The van der Waals surface area contributed by atoms with Crippen LogP contribution in [0.15, 0.2) is 0 Å². The van der Waals surface area contributed by atoms with Gasteiger partial charge in [-0.05, 0) is 12.8 Å². The molecular weight excluding hydrogens is 218 g/mol. The predicted molar refractivity (Wildman–Crippen MR) is 65.9 cm³/mol. The Bertz CT molecular complexity index is 236. The minimum atomic E-state index is 0.0757. The molecule has 0 aliphatic carbocycles. The van der Waals surface area contributed by atoms with Crippen molar-refractivity contribution < 1.29 is 9.53 Å². The van der Waals surface area contributed by atoms with Gasteiger partial charge in [0.2, 0.25) is 5.91 Å². The van der Waals surface area contributed by atoms with Crippen molar-refractivity contribution in [3.8, 4) is 0 Å². The van der Waals surface area contributed by atoms with Gasteiger partial charge in [-0.3, -0.25) is 9.69 Å². The zero-order chi connectivity index (χ0) is 11.9. The van der Waals surface area contributed by atoms with Crippen LogP contribution in [0.25, 0.3) is 0 Å². The van der Waals surface area contributed by atoms with Gasteiger partial charge in [0.1, 0.15) is 0 Å². The Hall–Kier alpha value is -0.650. The van der Waals surface area contributed by atoms with Crippen LogP contribution in [0.2, 0.25) is 0 Å². The number of amides is 1. The lowest BCUT2D eigenvalue weighted by molar-refractivity contribution is -0.129. The fourth-order valence-electron chi connectivity index (χ4n) is 2.36. The molecule has 2 rings (SSSR count). The van der Waals surface area contributed by atoms with Crippen molar-refractivity contribution >= 4 is 5.91 Å². The molecule has 2 N–H and O–H groups in total. The molecule has 2 aliphatic heterocycles. The predicted octanol–water partition coefficient (Wildman–Crippen LogP) is -0.566. The Balaban J connectivity index is 1.58. The molecule has 0 bridgehead atoms. The minimum absolute atomic E-state index is 0.0757. The van der Waals surface area contributed by atoms with Crippen molar-refractivity contribution in [3.63, 3.8) is 0 Å². The van der Waals surface area contributed by atoms with Gasteiger partial charge < -0.3 is 15.4 Å². The van der Waals surface area contributed by atoms with Crippen LogP contribution in [0, 0.1) is 5.92 Å². The number of piperazine rings is 1. The van der Waals surface area contributed by atoms with Gasteiger partial charge >= 0.3 is 0 Å². The molecule has 0 radical (unpaired) electrons. The molecule has 17 heavy (non-hydrogen) atoms. The third kappa shape index (κ3) is 4.26. The van der Waals surface area contributed by atoms with E-state index >= 15 is 0 Å². The fourth-order valence-corrected chi connectivity index (χ4v) is 2.36. The van der Waals surface area contributed by atoms with Gasteiger partial charge in [0.15, 0.2) is 0 Å². The van der Waals surface area contributed by atoms with E-state index < -0.39 is 0 Å². The van der Waals surface area contributed by atoms with Gasteiger partial charge in [0.25, 0.3) is 0 Å². The molecule has 2 saturated heterocycles. The molecule has 1 amide bonds. The smallest absolute Gasteiger partial charge is 0.225 e. The number of carbonyl (C=O) groups is 1. The van der Waals surface area contributed by atoms with Crippen molar-refractivity contribution in [3.05, 3.63) is 0 Å². The van der Waals surface area contributed by atoms with E-state index in [2.05, 4.69) is 15.5 Å². The monoisotopic (exact) mass is 241 g/mol. The molecule has 1 unspecified atom stereocenters. The first-order valence-corrected chi connectivity index (χ1v) is 6.65. The number of hydrogen-bond donors (Lipinski definition) is 2. The summed E-state index contributed by atoms with van der Waals surface area (Å²) in [4.78, 5) is 14.2. The average Bonchev–Trinajstić information content (AvgIpc) is 2.41. The third-order valence-electron chi connectivity index (χ3n) is 3.47. The second kappa shape index (κ2) is 6.93. The van der Waals surface area contributed by atoms with E-state index in [-0.39, 0.29) is 11.8 Å². The first-order valence-electron chi connectivity index (χ1n) is 6.65. The van der Waals surface area contributed by atoms with Crippen LogP contribution in [-0.4, -0.2) is 63.3 Å². The molecule has 0 aromatic rings. The van der Waals surface area contributed by atoms with Crippen LogP contribution in [0.4, 0.5) is 0 Å². The quantitative estimate of drug-likeness (QED) is 0.692. The highest BCUT2D eigenvalue weighted by Crippen LogP contribution is 2.13.